The van der Waals surface area contributed by atoms with E-state index in [4.69, 9.17) is 0 Å². The third-order valence-electron chi connectivity index (χ3n) is 3.37. The Morgan fingerprint density at radius 3 is 2.79 bits per heavy atom. The Hall–Kier alpha value is -1.93. The van der Waals surface area contributed by atoms with Gasteiger partial charge in [-0.2, -0.15) is 13.2 Å². The number of thiazole rings is 1. The highest BCUT2D eigenvalue weighted by molar-refractivity contribution is 7.15. The minimum Gasteiger partial charge on any atom is -0.319 e. The Labute approximate surface area is 142 Å². The molecule has 0 saturated heterocycles. The van der Waals surface area contributed by atoms with Gasteiger partial charge in [-0.05, 0) is 18.7 Å². The first-order valence-electron chi connectivity index (χ1n) is 7.36. The number of alkyl halides is 3. The summed E-state index contributed by atoms with van der Waals surface area (Å²) in [6.45, 7) is 2.34. The van der Waals surface area contributed by atoms with Crippen LogP contribution in [0.25, 0.3) is 0 Å². The Morgan fingerprint density at radius 1 is 1.38 bits per heavy atom. The molecule has 0 aliphatic rings. The molecule has 8 heteroatoms. The summed E-state index contributed by atoms with van der Waals surface area (Å²) >= 11 is 1.26. The van der Waals surface area contributed by atoms with E-state index in [1.807, 2.05) is 0 Å². The van der Waals surface area contributed by atoms with Crippen LogP contribution in [0.1, 0.15) is 22.9 Å². The number of aromatic nitrogens is 1. The van der Waals surface area contributed by atoms with E-state index < -0.39 is 11.7 Å². The molecule has 0 aliphatic heterocycles. The van der Waals surface area contributed by atoms with E-state index in [0.29, 0.717) is 23.7 Å². The summed E-state index contributed by atoms with van der Waals surface area (Å²) in [4.78, 5) is 16.8. The molecular formula is C16H18F3N3OS. The van der Waals surface area contributed by atoms with Gasteiger partial charge < -0.3 is 10.6 Å². The summed E-state index contributed by atoms with van der Waals surface area (Å²) < 4.78 is 38.2. The van der Waals surface area contributed by atoms with E-state index in [0.717, 1.165) is 17.0 Å². The fourth-order valence-electron chi connectivity index (χ4n) is 2.13. The number of nitrogens with one attached hydrogen (secondary N) is 2. The molecule has 24 heavy (non-hydrogen) atoms. The van der Waals surface area contributed by atoms with Gasteiger partial charge in [-0.15, -0.1) is 11.3 Å². The third kappa shape index (κ3) is 5.04. The van der Waals surface area contributed by atoms with E-state index >= 15 is 0 Å². The number of nitrogens with zero attached hydrogens (tertiary/aromatic N) is 1. The lowest BCUT2D eigenvalue weighted by Crippen LogP contribution is -2.28. The van der Waals surface area contributed by atoms with Crippen molar-refractivity contribution in [1.82, 2.24) is 10.3 Å². The fourth-order valence-corrected chi connectivity index (χ4v) is 2.98. The number of carbonyl (C=O) groups excluding carboxylic acids is 1. The highest BCUT2D eigenvalue weighted by Gasteiger charge is 2.30. The highest BCUT2D eigenvalue weighted by atomic mass is 32.1. The summed E-state index contributed by atoms with van der Waals surface area (Å²) in [5.74, 6) is -0.352. The van der Waals surface area contributed by atoms with Crippen LogP contribution in [0.2, 0.25) is 0 Å². The maximum atomic E-state index is 12.7. The van der Waals surface area contributed by atoms with E-state index in [9.17, 15) is 18.0 Å². The van der Waals surface area contributed by atoms with Crippen molar-refractivity contribution < 1.29 is 18.0 Å². The molecule has 0 radical (unpaired) electrons. The maximum Gasteiger partial charge on any atom is 0.416 e. The van der Waals surface area contributed by atoms with Crippen LogP contribution in [-0.4, -0.2) is 24.5 Å². The van der Waals surface area contributed by atoms with Gasteiger partial charge in [0.2, 0.25) is 5.91 Å². The van der Waals surface area contributed by atoms with Crippen molar-refractivity contribution in [3.63, 3.8) is 0 Å². The standard InChI is InChI=1S/C16H18F3N3OS/c1-10(8-20-2)14(23)22-15-21-9-13(24-15)7-11-4-3-5-12(6-11)16(17,18)19/h3-6,9-10,20H,7-8H2,1-2H3,(H,21,22,23). The molecule has 1 aromatic heterocycles. The number of carbonyl (C=O) groups is 1. The molecule has 1 unspecified atom stereocenters. The molecule has 0 spiro atoms. The fraction of sp³-hybridized carbons (Fsp3) is 0.375. The van der Waals surface area contributed by atoms with Crippen LogP contribution in [0.5, 0.6) is 0 Å². The molecular weight excluding hydrogens is 339 g/mol. The van der Waals surface area contributed by atoms with Gasteiger partial charge in [-0.3, -0.25) is 4.79 Å². The number of benzene rings is 1. The molecule has 0 aliphatic carbocycles. The predicted molar refractivity (Wildman–Crippen MR) is 88.1 cm³/mol. The van der Waals surface area contributed by atoms with E-state index in [-0.39, 0.29) is 11.8 Å². The zero-order chi connectivity index (χ0) is 17.7. The minimum atomic E-state index is -4.35. The number of rotatable bonds is 6. The quantitative estimate of drug-likeness (QED) is 0.831. The van der Waals surface area contributed by atoms with Crippen molar-refractivity contribution in [1.29, 1.82) is 0 Å². The number of hydrogen-bond donors (Lipinski definition) is 2. The Morgan fingerprint density at radius 2 is 2.12 bits per heavy atom. The number of hydrogen-bond acceptors (Lipinski definition) is 4. The van der Waals surface area contributed by atoms with Crippen LogP contribution in [0.3, 0.4) is 0 Å². The molecule has 130 valence electrons. The van der Waals surface area contributed by atoms with Gasteiger partial charge in [0, 0.05) is 30.0 Å². The molecule has 2 rings (SSSR count). The van der Waals surface area contributed by atoms with Crippen molar-refractivity contribution in [2.45, 2.75) is 19.5 Å². The minimum absolute atomic E-state index is 0.149. The summed E-state index contributed by atoms with van der Waals surface area (Å²) in [6, 6.07) is 5.21. The lowest BCUT2D eigenvalue weighted by atomic mass is 10.1. The van der Waals surface area contributed by atoms with Crippen LogP contribution in [-0.2, 0) is 17.4 Å². The summed E-state index contributed by atoms with van der Waals surface area (Å²) in [6.07, 6.45) is -2.45. The number of amides is 1. The van der Waals surface area contributed by atoms with Crippen molar-refractivity contribution in [3.8, 4) is 0 Å². The first-order valence-corrected chi connectivity index (χ1v) is 8.17. The van der Waals surface area contributed by atoms with Crippen LogP contribution in [0, 0.1) is 5.92 Å². The molecule has 0 bridgehead atoms. The first kappa shape index (κ1) is 18.4. The molecule has 0 fully saturated rings. The van der Waals surface area contributed by atoms with Crippen molar-refractivity contribution in [2.75, 3.05) is 18.9 Å². The van der Waals surface area contributed by atoms with Gasteiger partial charge in [0.1, 0.15) is 0 Å². The largest absolute Gasteiger partial charge is 0.416 e. The van der Waals surface area contributed by atoms with Crippen LogP contribution < -0.4 is 10.6 Å². The van der Waals surface area contributed by atoms with E-state index in [1.165, 1.54) is 17.4 Å². The monoisotopic (exact) mass is 357 g/mol. The third-order valence-corrected chi connectivity index (χ3v) is 4.29. The van der Waals surface area contributed by atoms with Gasteiger partial charge >= 0.3 is 6.18 Å². The number of halogens is 3. The second-order valence-corrected chi connectivity index (χ2v) is 6.57. The predicted octanol–water partition coefficient (Wildman–Crippen LogP) is 3.55. The van der Waals surface area contributed by atoms with Crippen molar-refractivity contribution in [2.24, 2.45) is 5.92 Å². The molecule has 1 heterocycles. The van der Waals surface area contributed by atoms with Crippen LogP contribution in [0.4, 0.5) is 18.3 Å². The summed E-state index contributed by atoms with van der Waals surface area (Å²) in [5, 5.41) is 6.09. The zero-order valence-corrected chi connectivity index (χ0v) is 14.1. The SMILES string of the molecule is CNCC(C)C(=O)Nc1ncc(Cc2cccc(C(F)(F)F)c2)s1. The lowest BCUT2D eigenvalue weighted by Gasteiger charge is -2.09. The topological polar surface area (TPSA) is 54.0 Å². The molecule has 4 nitrogen and oxygen atoms in total. The molecule has 2 aromatic rings. The summed E-state index contributed by atoms with van der Waals surface area (Å²) in [5.41, 5.74) is -0.117. The van der Waals surface area contributed by atoms with E-state index in [1.54, 1.807) is 26.2 Å². The maximum absolute atomic E-state index is 12.7. The Bertz CT molecular complexity index is 700. The average Bonchev–Trinajstić information content (AvgIpc) is 2.94. The Balaban J connectivity index is 2.03. The van der Waals surface area contributed by atoms with Gasteiger partial charge in [0.25, 0.3) is 0 Å². The first-order chi connectivity index (χ1) is 11.3. The van der Waals surface area contributed by atoms with Crippen molar-refractivity contribution >= 4 is 22.4 Å². The second kappa shape index (κ2) is 7.76. The lowest BCUT2D eigenvalue weighted by molar-refractivity contribution is -0.137. The molecule has 1 aromatic carbocycles. The van der Waals surface area contributed by atoms with Crippen molar-refractivity contribution in [3.05, 3.63) is 46.5 Å². The highest BCUT2D eigenvalue weighted by Crippen LogP contribution is 2.30. The van der Waals surface area contributed by atoms with Crippen LogP contribution >= 0.6 is 11.3 Å². The van der Waals surface area contributed by atoms with Gasteiger partial charge in [-0.1, -0.05) is 25.1 Å². The van der Waals surface area contributed by atoms with E-state index in [2.05, 4.69) is 15.6 Å². The Kier molecular flexibility index (Phi) is 5.95. The molecule has 1 atom stereocenters. The zero-order valence-electron chi connectivity index (χ0n) is 13.3. The molecule has 0 saturated carbocycles. The number of anilines is 1. The molecule has 1 amide bonds. The molecule has 2 N–H and O–H groups in total. The normalized spacial score (nSPS) is 12.9. The van der Waals surface area contributed by atoms with Crippen LogP contribution in [0.15, 0.2) is 30.5 Å². The van der Waals surface area contributed by atoms with Gasteiger partial charge in [-0.25, -0.2) is 4.98 Å². The van der Waals surface area contributed by atoms with Gasteiger partial charge in [0.15, 0.2) is 5.13 Å². The van der Waals surface area contributed by atoms with Gasteiger partial charge in [0.05, 0.1) is 5.56 Å². The second-order valence-electron chi connectivity index (χ2n) is 5.45. The smallest absolute Gasteiger partial charge is 0.319 e. The average molecular weight is 357 g/mol. The summed E-state index contributed by atoms with van der Waals surface area (Å²) in [7, 11) is 1.76.